The second kappa shape index (κ2) is 14.2. The van der Waals surface area contributed by atoms with Crippen molar-refractivity contribution in [1.82, 2.24) is 0 Å². The zero-order chi connectivity index (χ0) is 34.5. The summed E-state index contributed by atoms with van der Waals surface area (Å²) in [5, 5.41) is 3.69. The molecular weight excluding hydrogens is 630 g/mol. The van der Waals surface area contributed by atoms with Crippen LogP contribution < -0.4 is 33.2 Å². The maximum atomic E-state index is 12.2. The molecule has 0 spiro atoms. The van der Waals surface area contributed by atoms with Gasteiger partial charge in [0.2, 0.25) is 0 Å². The van der Waals surface area contributed by atoms with Gasteiger partial charge in [-0.2, -0.15) is 0 Å². The lowest BCUT2D eigenvalue weighted by atomic mass is 9.93. The van der Waals surface area contributed by atoms with Gasteiger partial charge in [-0.3, -0.25) is 19.2 Å². The Kier molecular flexibility index (Phi) is 9.90. The Bertz CT molecular complexity index is 1820. The third-order valence-electron chi connectivity index (χ3n) is 7.23. The maximum Gasteiger partial charge on any atom is 0.308 e. The first-order valence-corrected chi connectivity index (χ1v) is 14.7. The minimum Gasteiger partial charge on any atom is -0.493 e. The zero-order valence-corrected chi connectivity index (χ0v) is 26.6. The van der Waals surface area contributed by atoms with E-state index < -0.39 is 48.3 Å². The number of nitrogens with zero attached hydrogens (tertiary/aromatic N) is 3. The van der Waals surface area contributed by atoms with Gasteiger partial charge in [-0.25, -0.2) is 0 Å². The lowest BCUT2D eigenvalue weighted by Crippen LogP contribution is -2.36. The molecule has 250 valence electrons. The Labute approximate surface area is 274 Å². The molecular formula is C33H31N3O12. The molecule has 0 aliphatic carbocycles. The lowest BCUT2D eigenvalue weighted by molar-refractivity contribution is -0.152. The van der Waals surface area contributed by atoms with Crippen LogP contribution in [0.4, 0.5) is 0 Å². The van der Waals surface area contributed by atoms with Crippen LogP contribution in [-0.4, -0.2) is 49.7 Å². The van der Waals surface area contributed by atoms with Gasteiger partial charge in [-0.05, 0) is 29.8 Å². The second-order valence-electron chi connectivity index (χ2n) is 10.8. The predicted octanol–water partition coefficient (Wildman–Crippen LogP) is 5.27. The van der Waals surface area contributed by atoms with Crippen molar-refractivity contribution < 1.29 is 57.1 Å². The molecule has 5 rings (SSSR count). The molecule has 2 heterocycles. The van der Waals surface area contributed by atoms with Crippen molar-refractivity contribution in [2.45, 2.75) is 58.5 Å². The van der Waals surface area contributed by atoms with Gasteiger partial charge in [0, 0.05) is 67.9 Å². The molecule has 0 aromatic heterocycles. The lowest BCUT2D eigenvalue weighted by Gasteiger charge is -2.36. The van der Waals surface area contributed by atoms with Crippen LogP contribution in [0.25, 0.3) is 10.4 Å². The summed E-state index contributed by atoms with van der Waals surface area (Å²) >= 11 is 0. The molecule has 3 aromatic rings. The van der Waals surface area contributed by atoms with E-state index >= 15 is 0 Å². The van der Waals surface area contributed by atoms with Gasteiger partial charge >= 0.3 is 23.9 Å². The molecule has 4 atom stereocenters. The number of carbonyl (C=O) groups excluding carboxylic acids is 4. The Hall–Kier alpha value is -5.95. The smallest absolute Gasteiger partial charge is 0.308 e. The normalized spacial score (nSPS) is 18.9. The molecule has 48 heavy (non-hydrogen) atoms. The molecule has 0 bridgehead atoms. The highest BCUT2D eigenvalue weighted by atomic mass is 16.6. The molecule has 0 N–H and O–H groups in total. The van der Waals surface area contributed by atoms with Gasteiger partial charge in [0.1, 0.15) is 29.5 Å². The Morgan fingerprint density at radius 1 is 0.750 bits per heavy atom. The predicted molar refractivity (Wildman–Crippen MR) is 164 cm³/mol. The summed E-state index contributed by atoms with van der Waals surface area (Å²) in [5.74, 6) is -0.707. The Morgan fingerprint density at radius 2 is 1.42 bits per heavy atom. The monoisotopic (exact) mass is 661 g/mol. The molecule has 2 aliphatic heterocycles. The van der Waals surface area contributed by atoms with Gasteiger partial charge in [0.05, 0.1) is 13.7 Å². The van der Waals surface area contributed by atoms with Gasteiger partial charge in [-0.1, -0.05) is 17.2 Å². The standard InChI is InChI=1S/C33H31N3O12/c1-16(37)42-22-12-26(44-18(3)39)23-14-30(45-19(4)40)32(47-27(23)13-22)21-7-9-25-29(11-21)48-33(31(46-25)15-35-36-34)20-6-8-24(43-17(2)38)28(10-20)41-5/h6-13,30-33H,14-15H2,1-5H3/t30-,31+,32?,33+/m0/s1. The van der Waals surface area contributed by atoms with Crippen molar-refractivity contribution in [3.05, 3.63) is 75.7 Å². The number of hydrogen-bond acceptors (Lipinski definition) is 13. The van der Waals surface area contributed by atoms with E-state index in [1.165, 1.54) is 46.9 Å². The largest absolute Gasteiger partial charge is 0.493 e. The first kappa shape index (κ1) is 33.4. The molecule has 0 saturated heterocycles. The summed E-state index contributed by atoms with van der Waals surface area (Å²) in [7, 11) is 1.43. The fourth-order valence-corrected chi connectivity index (χ4v) is 5.45. The number of rotatable bonds is 9. The molecule has 0 amide bonds. The SMILES string of the molecule is COc1cc([C@H]2Oc3cc(C4Oc5cc(OC(C)=O)cc(OC(C)=O)c5C[C@@H]4OC(C)=O)ccc3O[C@@H]2CN=[N+]=[N-])ccc1OC(C)=O. The highest BCUT2D eigenvalue weighted by Crippen LogP contribution is 2.47. The van der Waals surface area contributed by atoms with Crippen molar-refractivity contribution in [1.29, 1.82) is 0 Å². The van der Waals surface area contributed by atoms with E-state index in [0.717, 1.165) is 0 Å². The van der Waals surface area contributed by atoms with Gasteiger partial charge in [0.25, 0.3) is 0 Å². The van der Waals surface area contributed by atoms with Crippen molar-refractivity contribution in [2.24, 2.45) is 5.11 Å². The van der Waals surface area contributed by atoms with Crippen LogP contribution in [0.2, 0.25) is 0 Å². The summed E-state index contributed by atoms with van der Waals surface area (Å²) in [4.78, 5) is 50.2. The van der Waals surface area contributed by atoms with Gasteiger partial charge in [0.15, 0.2) is 35.2 Å². The molecule has 15 nitrogen and oxygen atoms in total. The van der Waals surface area contributed by atoms with E-state index in [-0.39, 0.29) is 41.7 Å². The zero-order valence-electron chi connectivity index (χ0n) is 26.6. The third kappa shape index (κ3) is 7.53. The number of azide groups is 1. The number of hydrogen-bond donors (Lipinski definition) is 0. The van der Waals surface area contributed by atoms with E-state index in [9.17, 15) is 19.2 Å². The van der Waals surface area contributed by atoms with Crippen LogP contribution >= 0.6 is 0 Å². The van der Waals surface area contributed by atoms with E-state index in [1.807, 2.05) is 0 Å². The number of esters is 4. The van der Waals surface area contributed by atoms with E-state index in [1.54, 1.807) is 36.4 Å². The molecule has 0 radical (unpaired) electrons. The van der Waals surface area contributed by atoms with Crippen LogP contribution in [0.1, 0.15) is 56.6 Å². The van der Waals surface area contributed by atoms with Crippen LogP contribution in [0.15, 0.2) is 53.6 Å². The van der Waals surface area contributed by atoms with Crippen molar-refractivity contribution in [3.8, 4) is 40.2 Å². The summed E-state index contributed by atoms with van der Waals surface area (Å²) in [5.41, 5.74) is 10.6. The topological polar surface area (TPSA) is 191 Å². The second-order valence-corrected chi connectivity index (χ2v) is 10.8. The fourth-order valence-electron chi connectivity index (χ4n) is 5.45. The van der Waals surface area contributed by atoms with Crippen molar-refractivity contribution >= 4 is 23.9 Å². The summed E-state index contributed by atoms with van der Waals surface area (Å²) in [6.07, 6.45) is -3.18. The van der Waals surface area contributed by atoms with Crippen molar-refractivity contribution in [2.75, 3.05) is 13.7 Å². The van der Waals surface area contributed by atoms with Crippen molar-refractivity contribution in [3.63, 3.8) is 0 Å². The third-order valence-corrected chi connectivity index (χ3v) is 7.23. The molecule has 0 saturated carbocycles. The first-order valence-electron chi connectivity index (χ1n) is 14.7. The molecule has 15 heteroatoms. The summed E-state index contributed by atoms with van der Waals surface area (Å²) in [6, 6.07) is 12.8. The Morgan fingerprint density at radius 3 is 2.08 bits per heavy atom. The summed E-state index contributed by atoms with van der Waals surface area (Å²) in [6.45, 7) is 4.93. The quantitative estimate of drug-likeness (QED) is 0.0950. The number of carbonyl (C=O) groups is 4. The molecule has 3 aromatic carbocycles. The molecule has 0 fully saturated rings. The van der Waals surface area contributed by atoms with Crippen LogP contribution in [0.5, 0.6) is 40.2 Å². The molecule has 1 unspecified atom stereocenters. The first-order chi connectivity index (χ1) is 22.9. The van der Waals surface area contributed by atoms with E-state index in [0.29, 0.717) is 28.2 Å². The fraction of sp³-hybridized carbons (Fsp3) is 0.333. The number of ether oxygens (including phenoxy) is 8. The maximum absolute atomic E-state index is 12.2. The summed E-state index contributed by atoms with van der Waals surface area (Å²) < 4.78 is 46.0. The number of methoxy groups -OCH3 is 1. The highest BCUT2D eigenvalue weighted by Gasteiger charge is 2.39. The number of benzene rings is 3. The average molecular weight is 662 g/mol. The minimum atomic E-state index is -0.879. The highest BCUT2D eigenvalue weighted by molar-refractivity contribution is 5.73. The van der Waals surface area contributed by atoms with Crippen LogP contribution in [0.3, 0.4) is 0 Å². The van der Waals surface area contributed by atoms with Gasteiger partial charge < -0.3 is 37.9 Å². The van der Waals surface area contributed by atoms with Gasteiger partial charge in [-0.15, -0.1) is 0 Å². The molecule has 2 aliphatic rings. The minimum absolute atomic E-state index is 0.0667. The van der Waals surface area contributed by atoms with E-state index in [4.69, 9.17) is 43.4 Å². The average Bonchev–Trinajstić information content (AvgIpc) is 3.02. The van der Waals surface area contributed by atoms with E-state index in [2.05, 4.69) is 10.0 Å². The Balaban J connectivity index is 1.53. The van der Waals surface area contributed by atoms with Crippen LogP contribution in [-0.2, 0) is 30.3 Å². The number of fused-ring (bicyclic) bond motifs is 2. The van der Waals surface area contributed by atoms with Crippen LogP contribution in [0, 0.1) is 0 Å².